The van der Waals surface area contributed by atoms with Gasteiger partial charge in [0.2, 0.25) is 0 Å². The number of benzene rings is 1. The smallest absolute Gasteiger partial charge is 0.107 e. The van der Waals surface area contributed by atoms with Crippen LogP contribution in [0.2, 0.25) is 0 Å². The largest absolute Gasteiger partial charge is 0.358 e. The van der Waals surface area contributed by atoms with Crippen LogP contribution in [0, 0.1) is 6.92 Å². The number of aromatic amines is 1. The van der Waals surface area contributed by atoms with E-state index in [1.54, 1.807) is 0 Å². The fraction of sp³-hybridized carbons (Fsp3) is 0.364. The number of aryl methyl sites for hydroxylation is 2. The Morgan fingerprint density at radius 1 is 1.43 bits per heavy atom. The molecule has 0 radical (unpaired) electrons. The highest BCUT2D eigenvalue weighted by Crippen LogP contribution is 2.13. The maximum atomic E-state index is 4.51. The molecular weight excluding hydrogens is 174 g/mol. The Bertz CT molecular complexity index is 431. The van der Waals surface area contributed by atoms with Crippen molar-refractivity contribution in [3.63, 3.8) is 0 Å². The molecule has 0 saturated heterocycles. The fourth-order valence-electron chi connectivity index (χ4n) is 1.59. The predicted molar refractivity (Wildman–Crippen MR) is 56.9 cm³/mol. The molecule has 2 aromatic rings. The van der Waals surface area contributed by atoms with Crippen LogP contribution >= 0.6 is 0 Å². The molecule has 1 aromatic heterocycles. The summed E-state index contributed by atoms with van der Waals surface area (Å²) in [5.41, 5.74) is 7.30. The highest BCUT2D eigenvalue weighted by atomic mass is 14.9. The molecule has 3 heteroatoms. The van der Waals surface area contributed by atoms with Crippen LogP contribution in [-0.2, 0) is 6.42 Å². The summed E-state index contributed by atoms with van der Waals surface area (Å²) < 4.78 is 0. The van der Waals surface area contributed by atoms with Crippen LogP contribution in [0.3, 0.4) is 0 Å². The zero-order valence-electron chi connectivity index (χ0n) is 8.51. The van der Waals surface area contributed by atoms with Gasteiger partial charge in [-0.2, -0.15) is 0 Å². The van der Waals surface area contributed by atoms with Gasteiger partial charge in [-0.25, -0.2) is 4.98 Å². The van der Waals surface area contributed by atoms with Gasteiger partial charge in [-0.1, -0.05) is 6.07 Å². The van der Waals surface area contributed by atoms with E-state index < -0.39 is 0 Å². The molecule has 0 unspecified atom stereocenters. The number of quaternary nitrogens is 1. The molecule has 1 heterocycles. The summed E-state index contributed by atoms with van der Waals surface area (Å²) in [5.74, 6) is 1.08. The molecule has 4 N–H and O–H groups in total. The lowest BCUT2D eigenvalue weighted by Gasteiger charge is -1.90. The number of aromatic nitrogens is 2. The molecule has 0 atom stereocenters. The van der Waals surface area contributed by atoms with Crippen molar-refractivity contribution < 1.29 is 5.73 Å². The van der Waals surface area contributed by atoms with Crippen LogP contribution in [-0.4, -0.2) is 16.5 Å². The van der Waals surface area contributed by atoms with Gasteiger partial charge < -0.3 is 10.7 Å². The third kappa shape index (κ3) is 1.77. The first kappa shape index (κ1) is 9.21. The Kier molecular flexibility index (Phi) is 2.50. The van der Waals surface area contributed by atoms with Gasteiger partial charge in [0, 0.05) is 12.8 Å². The third-order valence-electron chi connectivity index (χ3n) is 2.35. The zero-order valence-corrected chi connectivity index (χ0v) is 8.51. The standard InChI is InChI=1S/C11H15N3/c1-8-4-5-9-10(7-8)14-11(13-9)3-2-6-12/h4-5,7H,2-3,6,12H2,1H3,(H,13,14)/p+1. The first-order chi connectivity index (χ1) is 6.79. The molecule has 0 saturated carbocycles. The third-order valence-corrected chi connectivity index (χ3v) is 2.35. The van der Waals surface area contributed by atoms with Crippen LogP contribution in [0.4, 0.5) is 0 Å². The molecule has 3 nitrogen and oxygen atoms in total. The average Bonchev–Trinajstić information content (AvgIpc) is 2.56. The van der Waals surface area contributed by atoms with Gasteiger partial charge in [-0.3, -0.25) is 0 Å². The Labute approximate surface area is 83.3 Å². The summed E-state index contributed by atoms with van der Waals surface area (Å²) in [4.78, 5) is 7.84. The van der Waals surface area contributed by atoms with Crippen LogP contribution in [0.15, 0.2) is 18.2 Å². The van der Waals surface area contributed by atoms with E-state index in [1.807, 2.05) is 0 Å². The van der Waals surface area contributed by atoms with Crippen molar-refractivity contribution in [1.82, 2.24) is 9.97 Å². The Balaban J connectivity index is 2.32. The van der Waals surface area contributed by atoms with E-state index >= 15 is 0 Å². The van der Waals surface area contributed by atoms with Gasteiger partial charge in [0.25, 0.3) is 0 Å². The Hall–Kier alpha value is -1.35. The lowest BCUT2D eigenvalue weighted by molar-refractivity contribution is -0.368. The molecule has 0 aliphatic carbocycles. The second kappa shape index (κ2) is 3.80. The Morgan fingerprint density at radius 2 is 2.29 bits per heavy atom. The number of hydrogen-bond acceptors (Lipinski definition) is 1. The molecule has 14 heavy (non-hydrogen) atoms. The summed E-state index contributed by atoms with van der Waals surface area (Å²) in [6.45, 7) is 3.06. The molecule has 74 valence electrons. The van der Waals surface area contributed by atoms with Crippen molar-refractivity contribution in [2.45, 2.75) is 19.8 Å². The SMILES string of the molecule is Cc1ccc2nc(CCC[NH3+])[nH]c2c1. The highest BCUT2D eigenvalue weighted by molar-refractivity contribution is 5.75. The molecule has 0 fully saturated rings. The van der Waals surface area contributed by atoms with Crippen molar-refractivity contribution in [1.29, 1.82) is 0 Å². The number of fused-ring (bicyclic) bond motifs is 1. The second-order valence-electron chi connectivity index (χ2n) is 3.66. The van der Waals surface area contributed by atoms with Crippen molar-refractivity contribution in [2.24, 2.45) is 0 Å². The first-order valence-electron chi connectivity index (χ1n) is 5.04. The topological polar surface area (TPSA) is 56.3 Å². The van der Waals surface area contributed by atoms with Crippen molar-refractivity contribution in [3.05, 3.63) is 29.6 Å². The molecule has 0 aliphatic heterocycles. The van der Waals surface area contributed by atoms with E-state index in [4.69, 9.17) is 0 Å². The minimum absolute atomic E-state index is 0.968. The monoisotopic (exact) mass is 190 g/mol. The summed E-state index contributed by atoms with van der Waals surface area (Å²) >= 11 is 0. The molecule has 0 spiro atoms. The van der Waals surface area contributed by atoms with Gasteiger partial charge in [0.15, 0.2) is 0 Å². The molecule has 0 bridgehead atoms. The van der Waals surface area contributed by atoms with Crippen molar-refractivity contribution in [2.75, 3.05) is 6.54 Å². The Morgan fingerprint density at radius 3 is 3.07 bits per heavy atom. The number of rotatable bonds is 3. The quantitative estimate of drug-likeness (QED) is 0.746. The number of nitrogens with one attached hydrogen (secondary N) is 1. The second-order valence-corrected chi connectivity index (χ2v) is 3.66. The first-order valence-corrected chi connectivity index (χ1v) is 5.04. The van der Waals surface area contributed by atoms with Crippen molar-refractivity contribution in [3.8, 4) is 0 Å². The normalized spacial score (nSPS) is 11.0. The summed E-state index contributed by atoms with van der Waals surface area (Å²) in [5, 5.41) is 0. The highest BCUT2D eigenvalue weighted by Gasteiger charge is 2.01. The number of H-pyrrole nitrogens is 1. The average molecular weight is 190 g/mol. The molecule has 1 aromatic carbocycles. The van der Waals surface area contributed by atoms with Crippen LogP contribution in [0.25, 0.3) is 11.0 Å². The van der Waals surface area contributed by atoms with Crippen LogP contribution < -0.4 is 5.73 Å². The molecule has 0 amide bonds. The van der Waals surface area contributed by atoms with E-state index in [0.29, 0.717) is 0 Å². The molecule has 2 rings (SSSR count). The van der Waals surface area contributed by atoms with Crippen molar-refractivity contribution >= 4 is 11.0 Å². The predicted octanol–water partition coefficient (Wildman–Crippen LogP) is 1.05. The number of imidazole rings is 1. The maximum Gasteiger partial charge on any atom is 0.107 e. The van der Waals surface area contributed by atoms with E-state index in [2.05, 4.69) is 40.8 Å². The van der Waals surface area contributed by atoms with E-state index in [1.165, 1.54) is 5.56 Å². The summed E-state index contributed by atoms with van der Waals surface area (Å²) in [6.07, 6.45) is 2.09. The van der Waals surface area contributed by atoms with Crippen LogP contribution in [0.5, 0.6) is 0 Å². The number of hydrogen-bond donors (Lipinski definition) is 2. The summed E-state index contributed by atoms with van der Waals surface area (Å²) in [6, 6.07) is 6.29. The lowest BCUT2D eigenvalue weighted by atomic mass is 10.2. The van der Waals surface area contributed by atoms with Gasteiger partial charge in [-0.15, -0.1) is 0 Å². The van der Waals surface area contributed by atoms with E-state index in [9.17, 15) is 0 Å². The minimum atomic E-state index is 0.968. The molecular formula is C11H16N3+. The minimum Gasteiger partial charge on any atom is -0.358 e. The fourth-order valence-corrected chi connectivity index (χ4v) is 1.59. The van der Waals surface area contributed by atoms with Gasteiger partial charge in [0.1, 0.15) is 5.82 Å². The van der Waals surface area contributed by atoms with Gasteiger partial charge in [0.05, 0.1) is 17.6 Å². The zero-order chi connectivity index (χ0) is 9.97. The molecule has 0 aliphatic rings. The summed E-state index contributed by atoms with van der Waals surface area (Å²) in [7, 11) is 0. The van der Waals surface area contributed by atoms with Gasteiger partial charge in [-0.05, 0) is 24.6 Å². The lowest BCUT2D eigenvalue weighted by Crippen LogP contribution is -2.50. The maximum absolute atomic E-state index is 4.51. The van der Waals surface area contributed by atoms with E-state index in [-0.39, 0.29) is 0 Å². The van der Waals surface area contributed by atoms with Gasteiger partial charge >= 0.3 is 0 Å². The van der Waals surface area contributed by atoms with E-state index in [0.717, 1.165) is 36.2 Å². The van der Waals surface area contributed by atoms with Crippen LogP contribution in [0.1, 0.15) is 17.8 Å². The number of nitrogens with zero attached hydrogens (tertiary/aromatic N) is 1.